The molecule has 17 heavy (non-hydrogen) atoms. The van der Waals surface area contributed by atoms with Gasteiger partial charge in [0.1, 0.15) is 5.52 Å². The number of nitrogens with zero attached hydrogens (tertiary/aromatic N) is 5. The third-order valence-corrected chi connectivity index (χ3v) is 2.37. The second kappa shape index (κ2) is 4.20. The van der Waals surface area contributed by atoms with Crippen LogP contribution in [0.15, 0.2) is 35.6 Å². The van der Waals surface area contributed by atoms with Gasteiger partial charge < -0.3 is 9.84 Å². The van der Waals surface area contributed by atoms with Crippen LogP contribution in [0.25, 0.3) is 5.52 Å². The van der Waals surface area contributed by atoms with Crippen LogP contribution in [0, 0.1) is 0 Å². The fourth-order valence-electron chi connectivity index (χ4n) is 1.59. The highest BCUT2D eigenvalue weighted by atomic mass is 16.5. The monoisotopic (exact) mass is 230 g/mol. The van der Waals surface area contributed by atoms with E-state index in [0.29, 0.717) is 18.8 Å². The van der Waals surface area contributed by atoms with Gasteiger partial charge in [-0.2, -0.15) is 10.1 Å². The quantitative estimate of drug-likeness (QED) is 0.712. The van der Waals surface area contributed by atoms with Crippen molar-refractivity contribution in [3.8, 4) is 0 Å². The average Bonchev–Trinajstić information content (AvgIpc) is 2.99. The van der Waals surface area contributed by atoms with Gasteiger partial charge in [0.25, 0.3) is 0 Å². The van der Waals surface area contributed by atoms with Gasteiger partial charge in [-0.15, -0.1) is 0 Å². The summed E-state index contributed by atoms with van der Waals surface area (Å²) in [5.41, 5.74) is 0.945. The average molecular weight is 230 g/mol. The highest BCUT2D eigenvalue weighted by Crippen LogP contribution is 2.11. The van der Waals surface area contributed by atoms with Crippen molar-refractivity contribution in [2.24, 2.45) is 0 Å². The molecule has 0 bridgehead atoms. The van der Waals surface area contributed by atoms with Crippen molar-refractivity contribution >= 4 is 11.3 Å². The van der Waals surface area contributed by atoms with Gasteiger partial charge >= 0.3 is 0 Å². The van der Waals surface area contributed by atoms with Crippen molar-refractivity contribution in [3.63, 3.8) is 0 Å². The number of aromatic nitrogens is 5. The van der Waals surface area contributed by atoms with Crippen LogP contribution in [0.4, 0.5) is 5.82 Å². The molecule has 7 nitrogen and oxygen atoms in total. The van der Waals surface area contributed by atoms with Gasteiger partial charge in [0, 0.05) is 25.4 Å². The predicted octanol–water partition coefficient (Wildman–Crippen LogP) is 0.767. The lowest BCUT2D eigenvalue weighted by atomic mass is 10.4. The molecule has 0 amide bonds. The zero-order valence-electron chi connectivity index (χ0n) is 8.95. The zero-order chi connectivity index (χ0) is 11.5. The van der Waals surface area contributed by atoms with Crippen molar-refractivity contribution in [1.82, 2.24) is 24.7 Å². The summed E-state index contributed by atoms with van der Waals surface area (Å²) in [5, 5.41) is 11.1. The molecule has 7 heteroatoms. The Labute approximate surface area is 96.5 Å². The Kier molecular flexibility index (Phi) is 2.41. The van der Waals surface area contributed by atoms with Crippen LogP contribution >= 0.6 is 0 Å². The van der Waals surface area contributed by atoms with Crippen LogP contribution in [0.3, 0.4) is 0 Å². The smallest absolute Gasteiger partial charge is 0.213 e. The summed E-state index contributed by atoms with van der Waals surface area (Å²) in [6.45, 7) is 0.692. The number of hydrogen-bond acceptors (Lipinski definition) is 6. The van der Waals surface area contributed by atoms with Gasteiger partial charge in [-0.25, -0.2) is 9.50 Å². The lowest BCUT2D eigenvalue weighted by molar-refractivity contribution is 0.410. The number of fused-ring (bicyclic) bond motifs is 1. The minimum atomic E-state index is 0.679. The summed E-state index contributed by atoms with van der Waals surface area (Å²) in [6.07, 6.45) is 7.26. The standard InChI is InChI=1S/C10H10N6O/c1-4-14-16-6-5-12-10(8(1)16)11-3-2-9-13-7-17-15-9/h1,4-7H,2-3H2,(H,11,12). The fraction of sp³-hybridized carbons (Fsp3) is 0.200. The molecular formula is C10H10N6O. The lowest BCUT2D eigenvalue weighted by Crippen LogP contribution is -2.08. The molecule has 0 aliphatic heterocycles. The summed E-state index contributed by atoms with van der Waals surface area (Å²) in [4.78, 5) is 8.21. The maximum Gasteiger partial charge on any atom is 0.213 e. The molecular weight excluding hydrogens is 220 g/mol. The Bertz CT molecular complexity index is 602. The SMILES string of the molecule is c1cn2nccc2c(NCCc2ncon2)n1. The molecule has 3 aromatic rings. The molecule has 0 atom stereocenters. The molecule has 3 rings (SSSR count). The van der Waals surface area contributed by atoms with Crippen LogP contribution in [0.2, 0.25) is 0 Å². The second-order valence-corrected chi connectivity index (χ2v) is 3.46. The summed E-state index contributed by atoms with van der Waals surface area (Å²) < 4.78 is 6.42. The molecule has 86 valence electrons. The number of rotatable bonds is 4. The molecule has 1 N–H and O–H groups in total. The van der Waals surface area contributed by atoms with Gasteiger partial charge in [0.15, 0.2) is 11.6 Å². The van der Waals surface area contributed by atoms with Gasteiger partial charge in [0.2, 0.25) is 6.39 Å². The zero-order valence-corrected chi connectivity index (χ0v) is 8.95. The van der Waals surface area contributed by atoms with Gasteiger partial charge in [-0.1, -0.05) is 5.16 Å². The van der Waals surface area contributed by atoms with Crippen LogP contribution in [0.1, 0.15) is 5.82 Å². The van der Waals surface area contributed by atoms with E-state index < -0.39 is 0 Å². The largest absolute Gasteiger partial charge is 0.368 e. The topological polar surface area (TPSA) is 81.1 Å². The Balaban J connectivity index is 1.70. The maximum atomic E-state index is 4.66. The van der Waals surface area contributed by atoms with Gasteiger partial charge in [-0.3, -0.25) is 0 Å². The van der Waals surface area contributed by atoms with E-state index in [1.165, 1.54) is 6.39 Å². The highest BCUT2D eigenvalue weighted by molar-refractivity contribution is 5.66. The first-order valence-electron chi connectivity index (χ1n) is 5.21. The molecule has 0 saturated heterocycles. The van der Waals surface area contributed by atoms with E-state index >= 15 is 0 Å². The molecule has 3 heterocycles. The molecule has 0 unspecified atom stereocenters. The highest BCUT2D eigenvalue weighted by Gasteiger charge is 2.03. The minimum absolute atomic E-state index is 0.679. The Hall–Kier alpha value is -2.44. The molecule has 3 aromatic heterocycles. The number of nitrogens with one attached hydrogen (secondary N) is 1. The van der Waals surface area contributed by atoms with E-state index in [2.05, 4.69) is 30.1 Å². The third kappa shape index (κ3) is 1.94. The first-order valence-corrected chi connectivity index (χ1v) is 5.21. The van der Waals surface area contributed by atoms with E-state index in [1.807, 2.05) is 6.07 Å². The van der Waals surface area contributed by atoms with Gasteiger partial charge in [0.05, 0.1) is 6.20 Å². The summed E-state index contributed by atoms with van der Waals surface area (Å²) in [6, 6.07) is 1.91. The van der Waals surface area contributed by atoms with E-state index in [0.717, 1.165) is 11.3 Å². The minimum Gasteiger partial charge on any atom is -0.368 e. The molecule has 0 fully saturated rings. The Morgan fingerprint density at radius 2 is 2.29 bits per heavy atom. The summed E-state index contributed by atoms with van der Waals surface area (Å²) in [7, 11) is 0. The first kappa shape index (κ1) is 9.76. The van der Waals surface area contributed by atoms with Crippen molar-refractivity contribution in [1.29, 1.82) is 0 Å². The summed E-state index contributed by atoms with van der Waals surface area (Å²) in [5.74, 6) is 1.48. The van der Waals surface area contributed by atoms with E-state index in [1.54, 1.807) is 23.1 Å². The van der Waals surface area contributed by atoms with Crippen LogP contribution in [0.5, 0.6) is 0 Å². The van der Waals surface area contributed by atoms with Crippen molar-refractivity contribution in [3.05, 3.63) is 36.9 Å². The second-order valence-electron chi connectivity index (χ2n) is 3.46. The Morgan fingerprint density at radius 3 is 3.18 bits per heavy atom. The van der Waals surface area contributed by atoms with Crippen molar-refractivity contribution < 1.29 is 4.52 Å². The maximum absolute atomic E-state index is 4.66. The number of hydrogen-bond donors (Lipinski definition) is 1. The van der Waals surface area contributed by atoms with Crippen molar-refractivity contribution in [2.45, 2.75) is 6.42 Å². The Morgan fingerprint density at radius 1 is 1.29 bits per heavy atom. The first-order chi connectivity index (χ1) is 8.43. The summed E-state index contributed by atoms with van der Waals surface area (Å²) >= 11 is 0. The molecule has 0 spiro atoms. The molecule has 0 aliphatic carbocycles. The van der Waals surface area contributed by atoms with Crippen LogP contribution in [-0.4, -0.2) is 31.3 Å². The molecule has 0 aromatic carbocycles. The van der Waals surface area contributed by atoms with E-state index in [9.17, 15) is 0 Å². The molecule has 0 radical (unpaired) electrons. The third-order valence-electron chi connectivity index (χ3n) is 2.37. The number of anilines is 1. The van der Waals surface area contributed by atoms with Crippen LogP contribution < -0.4 is 5.32 Å². The van der Waals surface area contributed by atoms with Crippen LogP contribution in [-0.2, 0) is 6.42 Å². The normalized spacial score (nSPS) is 10.8. The van der Waals surface area contributed by atoms with Gasteiger partial charge in [-0.05, 0) is 6.07 Å². The molecule has 0 saturated carbocycles. The van der Waals surface area contributed by atoms with E-state index in [-0.39, 0.29) is 0 Å². The molecule has 0 aliphatic rings. The van der Waals surface area contributed by atoms with E-state index in [4.69, 9.17) is 0 Å². The fourth-order valence-corrected chi connectivity index (χ4v) is 1.59. The lowest BCUT2D eigenvalue weighted by Gasteiger charge is -2.04. The predicted molar refractivity (Wildman–Crippen MR) is 59.5 cm³/mol. The van der Waals surface area contributed by atoms with Crippen molar-refractivity contribution in [2.75, 3.05) is 11.9 Å².